The van der Waals surface area contributed by atoms with Crippen LogP contribution < -0.4 is 25.8 Å². The number of hydrogen-bond donors (Lipinski definition) is 0. The first kappa shape index (κ1) is 21.9. The molecule has 1 atom stereocenters. The molecule has 1 unspecified atom stereocenters. The lowest BCUT2D eigenvalue weighted by Gasteiger charge is -2.34. The van der Waals surface area contributed by atoms with Crippen molar-refractivity contribution in [1.29, 1.82) is 0 Å². The summed E-state index contributed by atoms with van der Waals surface area (Å²) in [7, 11) is -1.13. The summed E-state index contributed by atoms with van der Waals surface area (Å²) in [5.41, 5.74) is 0.616. The molecule has 1 heterocycles. The molecular formula is C29H23O4P. The molecule has 34 heavy (non-hydrogen) atoms. The fraction of sp³-hybridized carbons (Fsp3) is 0.0690. The number of carbonyl (C=O) groups excluding carboxylic acids is 1. The first-order valence-corrected chi connectivity index (χ1v) is 12.8. The van der Waals surface area contributed by atoms with E-state index in [-0.39, 0.29) is 11.3 Å². The Bertz CT molecular complexity index is 1220. The van der Waals surface area contributed by atoms with Crippen LogP contribution in [0.3, 0.4) is 0 Å². The third-order valence-corrected chi connectivity index (χ3v) is 10.5. The van der Waals surface area contributed by atoms with E-state index in [0.29, 0.717) is 11.3 Å². The third kappa shape index (κ3) is 3.57. The SMILES string of the molecule is COc1ccc(C2=C([O-])C([P+](c3ccccc3)(c3ccccc3)c3ccccc3)OC2=O)cc1. The van der Waals surface area contributed by atoms with Crippen molar-refractivity contribution in [3.8, 4) is 5.75 Å². The smallest absolute Gasteiger partial charge is 0.341 e. The van der Waals surface area contributed by atoms with Crippen LogP contribution in [0.1, 0.15) is 5.56 Å². The highest BCUT2D eigenvalue weighted by molar-refractivity contribution is 7.96. The molecule has 4 aromatic carbocycles. The minimum Gasteiger partial charge on any atom is -0.870 e. The zero-order valence-electron chi connectivity index (χ0n) is 18.6. The number of rotatable bonds is 6. The van der Waals surface area contributed by atoms with Gasteiger partial charge in [-0.2, -0.15) is 0 Å². The van der Waals surface area contributed by atoms with Crippen LogP contribution >= 0.6 is 7.26 Å². The van der Waals surface area contributed by atoms with Crippen molar-refractivity contribution < 1.29 is 19.4 Å². The van der Waals surface area contributed by atoms with Crippen LogP contribution in [-0.2, 0) is 9.53 Å². The average Bonchev–Trinajstić information content (AvgIpc) is 3.20. The van der Waals surface area contributed by atoms with Crippen LogP contribution in [0.4, 0.5) is 0 Å². The highest BCUT2D eigenvalue weighted by Gasteiger charge is 2.57. The first-order valence-electron chi connectivity index (χ1n) is 11.0. The largest absolute Gasteiger partial charge is 0.870 e. The highest BCUT2D eigenvalue weighted by atomic mass is 31.2. The van der Waals surface area contributed by atoms with Gasteiger partial charge in [-0.1, -0.05) is 66.7 Å². The number of ether oxygens (including phenoxy) is 2. The molecule has 168 valence electrons. The minimum absolute atomic E-state index is 0.0832. The molecule has 0 N–H and O–H groups in total. The van der Waals surface area contributed by atoms with E-state index in [1.807, 2.05) is 91.0 Å². The molecular weight excluding hydrogens is 443 g/mol. The van der Waals surface area contributed by atoms with Gasteiger partial charge in [-0.25, -0.2) is 4.79 Å². The maximum Gasteiger partial charge on any atom is 0.341 e. The summed E-state index contributed by atoms with van der Waals surface area (Å²) < 4.78 is 11.2. The molecule has 0 radical (unpaired) electrons. The number of esters is 1. The number of benzene rings is 4. The molecule has 0 amide bonds. The Morgan fingerprint density at radius 2 is 1.15 bits per heavy atom. The number of cyclic esters (lactones) is 1. The Hall–Kier alpha value is -3.88. The van der Waals surface area contributed by atoms with Gasteiger partial charge in [-0.05, 0) is 59.9 Å². The van der Waals surface area contributed by atoms with Crippen molar-refractivity contribution in [2.24, 2.45) is 0 Å². The molecule has 0 aromatic heterocycles. The number of carbonyl (C=O) groups is 1. The zero-order valence-corrected chi connectivity index (χ0v) is 19.5. The minimum atomic E-state index is -2.71. The molecule has 0 bridgehead atoms. The van der Waals surface area contributed by atoms with E-state index in [0.717, 1.165) is 15.9 Å². The topological polar surface area (TPSA) is 58.6 Å². The van der Waals surface area contributed by atoms with Gasteiger partial charge in [0.2, 0.25) is 5.85 Å². The lowest BCUT2D eigenvalue weighted by molar-refractivity contribution is -0.309. The van der Waals surface area contributed by atoms with Crippen LogP contribution in [0.15, 0.2) is 121 Å². The van der Waals surface area contributed by atoms with Crippen LogP contribution in [0.2, 0.25) is 0 Å². The van der Waals surface area contributed by atoms with E-state index in [1.54, 1.807) is 31.4 Å². The molecule has 0 spiro atoms. The molecule has 5 rings (SSSR count). The van der Waals surface area contributed by atoms with Crippen molar-refractivity contribution in [3.63, 3.8) is 0 Å². The Balaban J connectivity index is 1.79. The Morgan fingerprint density at radius 3 is 1.56 bits per heavy atom. The van der Waals surface area contributed by atoms with E-state index < -0.39 is 19.1 Å². The zero-order chi connectivity index (χ0) is 23.5. The van der Waals surface area contributed by atoms with Crippen LogP contribution in [-0.4, -0.2) is 18.9 Å². The van der Waals surface area contributed by atoms with Gasteiger partial charge in [0.1, 0.15) is 21.7 Å². The maximum absolute atomic E-state index is 14.1. The van der Waals surface area contributed by atoms with E-state index in [1.165, 1.54) is 0 Å². The van der Waals surface area contributed by atoms with Gasteiger partial charge in [-0.15, -0.1) is 0 Å². The fourth-order valence-corrected chi connectivity index (χ4v) is 8.92. The first-order chi connectivity index (χ1) is 16.7. The molecule has 1 aliphatic rings. The fourth-order valence-electron chi connectivity index (χ4n) is 4.55. The van der Waals surface area contributed by atoms with E-state index >= 15 is 0 Å². The third-order valence-electron chi connectivity index (χ3n) is 6.11. The van der Waals surface area contributed by atoms with Crippen molar-refractivity contribution in [2.45, 2.75) is 5.85 Å². The van der Waals surface area contributed by atoms with Crippen LogP contribution in [0.25, 0.3) is 5.57 Å². The Labute approximate surface area is 199 Å². The summed E-state index contributed by atoms with van der Waals surface area (Å²) in [4.78, 5) is 13.2. The normalized spacial score (nSPS) is 15.8. The molecule has 4 nitrogen and oxygen atoms in total. The quantitative estimate of drug-likeness (QED) is 0.322. The second-order valence-electron chi connectivity index (χ2n) is 7.95. The monoisotopic (exact) mass is 466 g/mol. The number of hydrogen-bond acceptors (Lipinski definition) is 4. The van der Waals surface area contributed by atoms with Gasteiger partial charge in [0, 0.05) is 0 Å². The predicted octanol–water partition coefficient (Wildman–Crippen LogP) is 3.64. The molecule has 5 heteroatoms. The highest BCUT2D eigenvalue weighted by Crippen LogP contribution is 2.63. The van der Waals surface area contributed by atoms with Crippen molar-refractivity contribution in [2.75, 3.05) is 7.11 Å². The number of methoxy groups -OCH3 is 1. The maximum atomic E-state index is 14.1. The van der Waals surface area contributed by atoms with Crippen molar-refractivity contribution in [1.82, 2.24) is 0 Å². The molecule has 4 aromatic rings. The van der Waals surface area contributed by atoms with Gasteiger partial charge in [-0.3, -0.25) is 0 Å². The average molecular weight is 466 g/mol. The summed E-state index contributed by atoms with van der Waals surface area (Å²) in [6.45, 7) is 0. The molecule has 0 saturated carbocycles. The standard InChI is InChI=1S/C29H23O4P/c1-32-22-19-17-21(18-20-22)26-27(30)29(33-28(26)31)34(23-11-5-2-6-12-23,24-13-7-3-8-14-24)25-15-9-4-10-16-25/h2-20,29H,1H3. The second kappa shape index (κ2) is 9.17. The van der Waals surface area contributed by atoms with E-state index in [2.05, 4.69) is 0 Å². The molecule has 0 fully saturated rings. The van der Waals surface area contributed by atoms with Gasteiger partial charge in [0.15, 0.2) is 7.26 Å². The Morgan fingerprint density at radius 1 is 0.706 bits per heavy atom. The Kier molecular flexibility index (Phi) is 5.91. The second-order valence-corrected chi connectivity index (χ2v) is 11.4. The summed E-state index contributed by atoms with van der Waals surface area (Å²) in [6.07, 6.45) is 0. The lowest BCUT2D eigenvalue weighted by Crippen LogP contribution is -2.41. The van der Waals surface area contributed by atoms with Crippen molar-refractivity contribution >= 4 is 34.7 Å². The summed E-state index contributed by atoms with van der Waals surface area (Å²) >= 11 is 0. The molecule has 1 aliphatic heterocycles. The van der Waals surface area contributed by atoms with Crippen LogP contribution in [0, 0.1) is 0 Å². The summed E-state index contributed by atoms with van der Waals surface area (Å²) in [6, 6.07) is 36.7. The molecule has 0 aliphatic carbocycles. The summed E-state index contributed by atoms with van der Waals surface area (Å²) in [5, 5.41) is 17.0. The molecule has 0 saturated heterocycles. The lowest BCUT2D eigenvalue weighted by atomic mass is 10.1. The van der Waals surface area contributed by atoms with E-state index in [4.69, 9.17) is 9.47 Å². The van der Waals surface area contributed by atoms with E-state index in [9.17, 15) is 9.90 Å². The van der Waals surface area contributed by atoms with Gasteiger partial charge in [0.25, 0.3) is 0 Å². The predicted molar refractivity (Wildman–Crippen MR) is 135 cm³/mol. The summed E-state index contributed by atoms with van der Waals surface area (Å²) in [5.74, 6) is -1.18. The van der Waals surface area contributed by atoms with Gasteiger partial charge in [0.05, 0.1) is 12.7 Å². The van der Waals surface area contributed by atoms with Crippen LogP contribution in [0.5, 0.6) is 5.75 Å². The van der Waals surface area contributed by atoms with Gasteiger partial charge >= 0.3 is 5.97 Å². The van der Waals surface area contributed by atoms with Crippen molar-refractivity contribution in [3.05, 3.63) is 127 Å². The van der Waals surface area contributed by atoms with Gasteiger partial charge < -0.3 is 14.6 Å².